The summed E-state index contributed by atoms with van der Waals surface area (Å²) in [7, 11) is 0. The van der Waals surface area contributed by atoms with E-state index in [2.05, 4.69) is 0 Å². The molecule has 0 bridgehead atoms. The highest BCUT2D eigenvalue weighted by Gasteiger charge is 2.12. The van der Waals surface area contributed by atoms with E-state index >= 15 is 0 Å². The van der Waals surface area contributed by atoms with Gasteiger partial charge in [0.25, 0.3) is 0 Å². The Morgan fingerprint density at radius 2 is 0.968 bits per heavy atom. The molecule has 31 heavy (non-hydrogen) atoms. The molecule has 0 saturated carbocycles. The summed E-state index contributed by atoms with van der Waals surface area (Å²) in [6, 6.07) is 26.9. The van der Waals surface area contributed by atoms with Gasteiger partial charge in [0.05, 0.1) is 13.1 Å². The normalized spacial score (nSPS) is 10.1. The maximum atomic E-state index is 11.9. The van der Waals surface area contributed by atoms with Gasteiger partial charge in [-0.1, -0.05) is 54.6 Å². The summed E-state index contributed by atoms with van der Waals surface area (Å²) < 4.78 is 20.5. The minimum absolute atomic E-state index is 0.106. The van der Waals surface area contributed by atoms with Crippen LogP contribution in [0.1, 0.15) is 0 Å². The van der Waals surface area contributed by atoms with Crippen LogP contribution >= 0.6 is 0 Å². The molecule has 0 aromatic heterocycles. The van der Waals surface area contributed by atoms with Gasteiger partial charge < -0.3 is 23.8 Å². The molecule has 160 valence electrons. The third kappa shape index (κ3) is 7.74. The van der Waals surface area contributed by atoms with E-state index in [-0.39, 0.29) is 13.2 Å². The van der Waals surface area contributed by atoms with Gasteiger partial charge in [-0.25, -0.2) is 9.59 Å². The van der Waals surface area contributed by atoms with Gasteiger partial charge in [0, 0.05) is 5.69 Å². The molecule has 0 aliphatic rings. The lowest BCUT2D eigenvalue weighted by atomic mass is 10.3. The summed E-state index contributed by atoms with van der Waals surface area (Å²) in [5.41, 5.74) is 0.905. The number of anilines is 1. The molecular formula is C24H23NO6. The molecule has 0 radical (unpaired) electrons. The second kappa shape index (κ2) is 11.9. The van der Waals surface area contributed by atoms with Crippen molar-refractivity contribution in [3.05, 3.63) is 91.0 Å². The molecule has 0 N–H and O–H groups in total. The molecule has 0 aliphatic carbocycles. The van der Waals surface area contributed by atoms with Crippen molar-refractivity contribution in [1.82, 2.24) is 0 Å². The molecule has 3 aromatic rings. The molecule has 0 atom stereocenters. The van der Waals surface area contributed by atoms with Crippen LogP contribution < -0.4 is 14.4 Å². The Balaban J connectivity index is 1.45. The van der Waals surface area contributed by atoms with Gasteiger partial charge in [-0.05, 0) is 36.4 Å². The first kappa shape index (κ1) is 21.7. The lowest BCUT2D eigenvalue weighted by Gasteiger charge is -2.24. The summed E-state index contributed by atoms with van der Waals surface area (Å²) in [5.74, 6) is 0.829. The highest BCUT2D eigenvalue weighted by atomic mass is 16.7. The molecule has 0 saturated heterocycles. The fourth-order valence-electron chi connectivity index (χ4n) is 2.72. The number of hydrogen-bond donors (Lipinski definition) is 0. The Bertz CT molecular complexity index is 875. The van der Waals surface area contributed by atoms with E-state index in [0.29, 0.717) is 24.6 Å². The molecular weight excluding hydrogens is 398 g/mol. The van der Waals surface area contributed by atoms with Crippen molar-refractivity contribution < 1.29 is 28.5 Å². The lowest BCUT2D eigenvalue weighted by Crippen LogP contribution is -2.32. The Morgan fingerprint density at radius 3 is 1.39 bits per heavy atom. The highest BCUT2D eigenvalue weighted by molar-refractivity contribution is 5.64. The van der Waals surface area contributed by atoms with Crippen LogP contribution in [0.25, 0.3) is 0 Å². The maximum absolute atomic E-state index is 11.9. The number of carbonyl (C=O) groups excluding carboxylic acids is 2. The van der Waals surface area contributed by atoms with Crippen LogP contribution in [-0.4, -0.2) is 38.6 Å². The van der Waals surface area contributed by atoms with E-state index in [0.717, 1.165) is 5.69 Å². The molecule has 7 heteroatoms. The quantitative estimate of drug-likeness (QED) is 0.358. The van der Waals surface area contributed by atoms with Crippen molar-refractivity contribution >= 4 is 18.0 Å². The Hall–Kier alpha value is -4.00. The van der Waals surface area contributed by atoms with Gasteiger partial charge in [-0.2, -0.15) is 0 Å². The molecule has 0 amide bonds. The lowest BCUT2D eigenvalue weighted by molar-refractivity contribution is 0.0977. The third-order valence-corrected chi connectivity index (χ3v) is 4.17. The summed E-state index contributed by atoms with van der Waals surface area (Å²) in [6.45, 7) is 1.00. The Labute approximate surface area is 180 Å². The van der Waals surface area contributed by atoms with Gasteiger partial charge in [0.2, 0.25) is 0 Å². The largest absolute Gasteiger partial charge is 0.513 e. The molecule has 0 unspecified atom stereocenters. The first-order chi connectivity index (χ1) is 15.2. The van der Waals surface area contributed by atoms with Crippen molar-refractivity contribution in [1.29, 1.82) is 0 Å². The number of hydrogen-bond acceptors (Lipinski definition) is 7. The number of benzene rings is 3. The maximum Gasteiger partial charge on any atom is 0.513 e. The topological polar surface area (TPSA) is 74.3 Å². The van der Waals surface area contributed by atoms with Crippen LogP contribution in [0.5, 0.6) is 11.5 Å². The summed E-state index contributed by atoms with van der Waals surface area (Å²) in [4.78, 5) is 25.7. The monoisotopic (exact) mass is 421 g/mol. The second-order valence-electron chi connectivity index (χ2n) is 6.35. The Morgan fingerprint density at radius 1 is 0.581 bits per heavy atom. The summed E-state index contributed by atoms with van der Waals surface area (Å²) in [6.07, 6.45) is -1.55. The van der Waals surface area contributed by atoms with Gasteiger partial charge in [-0.15, -0.1) is 0 Å². The van der Waals surface area contributed by atoms with Crippen LogP contribution in [0.2, 0.25) is 0 Å². The van der Waals surface area contributed by atoms with Crippen molar-refractivity contribution in [3.8, 4) is 11.5 Å². The molecule has 0 fully saturated rings. The van der Waals surface area contributed by atoms with Crippen molar-refractivity contribution in [3.63, 3.8) is 0 Å². The van der Waals surface area contributed by atoms with E-state index in [1.54, 1.807) is 48.5 Å². The zero-order valence-corrected chi connectivity index (χ0v) is 16.9. The zero-order valence-electron chi connectivity index (χ0n) is 16.9. The van der Waals surface area contributed by atoms with Crippen LogP contribution in [-0.2, 0) is 9.47 Å². The van der Waals surface area contributed by atoms with Crippen molar-refractivity contribution in [2.45, 2.75) is 0 Å². The number of para-hydroxylation sites is 3. The minimum Gasteiger partial charge on any atom is -0.432 e. The smallest absolute Gasteiger partial charge is 0.432 e. The fourth-order valence-corrected chi connectivity index (χ4v) is 2.72. The van der Waals surface area contributed by atoms with E-state index in [1.807, 2.05) is 47.4 Å². The van der Waals surface area contributed by atoms with Gasteiger partial charge >= 0.3 is 12.3 Å². The van der Waals surface area contributed by atoms with E-state index < -0.39 is 12.3 Å². The van der Waals surface area contributed by atoms with E-state index in [1.165, 1.54) is 0 Å². The third-order valence-electron chi connectivity index (χ3n) is 4.17. The second-order valence-corrected chi connectivity index (χ2v) is 6.35. The first-order valence-electron chi connectivity index (χ1n) is 9.80. The molecule has 0 aliphatic heterocycles. The predicted molar refractivity (Wildman–Crippen MR) is 115 cm³/mol. The number of rotatable bonds is 9. The van der Waals surface area contributed by atoms with Crippen LogP contribution in [0.15, 0.2) is 91.0 Å². The van der Waals surface area contributed by atoms with Crippen LogP contribution in [0.3, 0.4) is 0 Å². The average Bonchev–Trinajstić information content (AvgIpc) is 2.80. The van der Waals surface area contributed by atoms with E-state index in [4.69, 9.17) is 18.9 Å². The number of ether oxygens (including phenoxy) is 4. The molecule has 0 spiro atoms. The van der Waals surface area contributed by atoms with Crippen LogP contribution in [0, 0.1) is 0 Å². The van der Waals surface area contributed by atoms with Gasteiger partial charge in [-0.3, -0.25) is 0 Å². The molecule has 7 nitrogen and oxygen atoms in total. The summed E-state index contributed by atoms with van der Waals surface area (Å²) in [5, 5.41) is 0. The molecule has 3 aromatic carbocycles. The van der Waals surface area contributed by atoms with Crippen molar-refractivity contribution in [2.75, 3.05) is 31.2 Å². The van der Waals surface area contributed by atoms with E-state index in [9.17, 15) is 9.59 Å². The minimum atomic E-state index is -0.776. The van der Waals surface area contributed by atoms with Gasteiger partial charge in [0.15, 0.2) is 0 Å². The standard InChI is InChI=1S/C24H23NO6/c26-23(30-21-12-6-2-7-13-21)28-18-16-25(20-10-4-1-5-11-20)17-19-29-24(27)31-22-14-8-3-9-15-22/h1-15H,16-19H2. The Kier molecular flexibility index (Phi) is 8.31. The highest BCUT2D eigenvalue weighted by Crippen LogP contribution is 2.14. The van der Waals surface area contributed by atoms with Gasteiger partial charge in [0.1, 0.15) is 24.7 Å². The average molecular weight is 421 g/mol. The number of carbonyl (C=O) groups is 2. The SMILES string of the molecule is O=C(OCCN(CCOC(=O)Oc1ccccc1)c1ccccc1)Oc1ccccc1. The molecule has 3 rings (SSSR count). The predicted octanol–water partition coefficient (Wildman–Crippen LogP) is 4.92. The van der Waals surface area contributed by atoms with Crippen LogP contribution in [0.4, 0.5) is 15.3 Å². The molecule has 0 heterocycles. The zero-order chi connectivity index (χ0) is 21.7. The first-order valence-corrected chi connectivity index (χ1v) is 9.80. The number of nitrogens with zero attached hydrogens (tertiary/aromatic N) is 1. The van der Waals surface area contributed by atoms with Crippen molar-refractivity contribution in [2.24, 2.45) is 0 Å². The summed E-state index contributed by atoms with van der Waals surface area (Å²) >= 11 is 0. The fraction of sp³-hybridized carbons (Fsp3) is 0.167.